The summed E-state index contributed by atoms with van der Waals surface area (Å²) in [6.45, 7) is 1.99. The lowest BCUT2D eigenvalue weighted by Crippen LogP contribution is -1.99. The van der Waals surface area contributed by atoms with E-state index in [2.05, 4.69) is 10.3 Å². The molecule has 1 aliphatic rings. The van der Waals surface area contributed by atoms with Crippen LogP contribution in [0.3, 0.4) is 0 Å². The molecule has 3 rings (SSSR count). The standard InChI is InChI=1S/C13H13FN2S/c1-8-12(9-2-4-10(14)5-3-9)17-13(15-8)16-11-6-7-11/h2-5,11H,6-7H2,1H3,(H,15,16). The third-order valence-electron chi connectivity index (χ3n) is 2.81. The van der Waals surface area contributed by atoms with Gasteiger partial charge in [0.1, 0.15) is 5.82 Å². The summed E-state index contributed by atoms with van der Waals surface area (Å²) in [5, 5.41) is 4.37. The second kappa shape index (κ2) is 4.11. The van der Waals surface area contributed by atoms with Crippen LogP contribution in [-0.4, -0.2) is 11.0 Å². The van der Waals surface area contributed by atoms with E-state index in [9.17, 15) is 4.39 Å². The molecule has 4 heteroatoms. The van der Waals surface area contributed by atoms with Gasteiger partial charge in [-0.25, -0.2) is 9.37 Å². The van der Waals surface area contributed by atoms with Gasteiger partial charge in [0.2, 0.25) is 0 Å². The Morgan fingerprint density at radius 1 is 1.29 bits per heavy atom. The first-order valence-corrected chi connectivity index (χ1v) is 6.54. The third-order valence-corrected chi connectivity index (χ3v) is 3.95. The van der Waals surface area contributed by atoms with Crippen LogP contribution in [-0.2, 0) is 0 Å². The van der Waals surface area contributed by atoms with E-state index in [0.29, 0.717) is 6.04 Å². The molecular weight excluding hydrogens is 235 g/mol. The number of halogens is 1. The highest BCUT2D eigenvalue weighted by molar-refractivity contribution is 7.19. The Hall–Kier alpha value is -1.42. The van der Waals surface area contributed by atoms with E-state index in [-0.39, 0.29) is 5.82 Å². The Balaban J connectivity index is 1.90. The largest absolute Gasteiger partial charge is 0.359 e. The van der Waals surface area contributed by atoms with Crippen molar-refractivity contribution in [2.45, 2.75) is 25.8 Å². The molecule has 0 atom stereocenters. The van der Waals surface area contributed by atoms with Crippen LogP contribution < -0.4 is 5.32 Å². The zero-order valence-corrected chi connectivity index (χ0v) is 10.4. The lowest BCUT2D eigenvalue weighted by atomic mass is 10.1. The molecule has 1 fully saturated rings. The van der Waals surface area contributed by atoms with Crippen molar-refractivity contribution in [1.29, 1.82) is 0 Å². The molecule has 1 aromatic heterocycles. The van der Waals surface area contributed by atoms with Crippen LogP contribution in [0.25, 0.3) is 10.4 Å². The van der Waals surface area contributed by atoms with E-state index in [1.165, 1.54) is 25.0 Å². The fraction of sp³-hybridized carbons (Fsp3) is 0.308. The van der Waals surface area contributed by atoms with Gasteiger partial charge in [0, 0.05) is 6.04 Å². The maximum absolute atomic E-state index is 12.9. The number of hydrogen-bond donors (Lipinski definition) is 1. The van der Waals surface area contributed by atoms with Gasteiger partial charge in [-0.05, 0) is 37.5 Å². The Labute approximate surface area is 104 Å². The summed E-state index contributed by atoms with van der Waals surface area (Å²) in [5.74, 6) is -0.202. The van der Waals surface area contributed by atoms with Gasteiger partial charge < -0.3 is 5.32 Å². The summed E-state index contributed by atoms with van der Waals surface area (Å²) in [5.41, 5.74) is 2.04. The molecule has 2 aromatic rings. The minimum atomic E-state index is -0.202. The maximum Gasteiger partial charge on any atom is 0.183 e. The molecule has 0 amide bonds. The molecule has 0 spiro atoms. The van der Waals surface area contributed by atoms with Crippen molar-refractivity contribution in [2.75, 3.05) is 5.32 Å². The molecule has 0 unspecified atom stereocenters. The van der Waals surface area contributed by atoms with E-state index in [0.717, 1.165) is 21.3 Å². The van der Waals surface area contributed by atoms with Gasteiger partial charge in [0.15, 0.2) is 5.13 Å². The van der Waals surface area contributed by atoms with Gasteiger partial charge in [-0.2, -0.15) is 0 Å². The molecule has 1 heterocycles. The number of benzene rings is 1. The van der Waals surface area contributed by atoms with E-state index in [4.69, 9.17) is 0 Å². The Kier molecular flexibility index (Phi) is 2.59. The molecule has 17 heavy (non-hydrogen) atoms. The van der Waals surface area contributed by atoms with Crippen LogP contribution >= 0.6 is 11.3 Å². The second-order valence-corrected chi connectivity index (χ2v) is 5.36. The Morgan fingerprint density at radius 3 is 2.65 bits per heavy atom. The third kappa shape index (κ3) is 2.31. The average molecular weight is 248 g/mol. The van der Waals surface area contributed by atoms with E-state index in [1.54, 1.807) is 23.5 Å². The fourth-order valence-corrected chi connectivity index (χ4v) is 2.78. The zero-order chi connectivity index (χ0) is 11.8. The summed E-state index contributed by atoms with van der Waals surface area (Å²) in [4.78, 5) is 5.62. The predicted molar refractivity (Wildman–Crippen MR) is 68.9 cm³/mol. The first kappa shape index (κ1) is 10.7. The van der Waals surface area contributed by atoms with E-state index >= 15 is 0 Å². The molecule has 88 valence electrons. The van der Waals surface area contributed by atoms with Gasteiger partial charge in [0.25, 0.3) is 0 Å². The van der Waals surface area contributed by atoms with Gasteiger partial charge in [-0.3, -0.25) is 0 Å². The first-order chi connectivity index (χ1) is 8.22. The average Bonchev–Trinajstić information content (AvgIpc) is 3.03. The van der Waals surface area contributed by atoms with Crippen molar-refractivity contribution < 1.29 is 4.39 Å². The van der Waals surface area contributed by atoms with Crippen LogP contribution in [0.5, 0.6) is 0 Å². The number of thiazole rings is 1. The molecular formula is C13H13FN2S. The number of anilines is 1. The Morgan fingerprint density at radius 2 is 2.00 bits per heavy atom. The minimum absolute atomic E-state index is 0.202. The lowest BCUT2D eigenvalue weighted by Gasteiger charge is -1.98. The number of nitrogens with one attached hydrogen (secondary N) is 1. The van der Waals surface area contributed by atoms with Crippen molar-refractivity contribution >= 4 is 16.5 Å². The number of nitrogens with zero attached hydrogens (tertiary/aromatic N) is 1. The van der Waals surface area contributed by atoms with Crippen molar-refractivity contribution in [1.82, 2.24) is 4.98 Å². The maximum atomic E-state index is 12.9. The summed E-state index contributed by atoms with van der Waals surface area (Å²) in [6, 6.07) is 7.19. The van der Waals surface area contributed by atoms with Crippen LogP contribution in [0.4, 0.5) is 9.52 Å². The van der Waals surface area contributed by atoms with Crippen LogP contribution in [0.2, 0.25) is 0 Å². The molecule has 0 bridgehead atoms. The van der Waals surface area contributed by atoms with Gasteiger partial charge in [0.05, 0.1) is 10.6 Å². The number of rotatable bonds is 3. The normalized spacial score (nSPS) is 14.9. The SMILES string of the molecule is Cc1nc(NC2CC2)sc1-c1ccc(F)cc1. The predicted octanol–water partition coefficient (Wildman–Crippen LogP) is 3.83. The molecule has 0 radical (unpaired) electrons. The van der Waals surface area contributed by atoms with Crippen LogP contribution in [0.1, 0.15) is 18.5 Å². The highest BCUT2D eigenvalue weighted by Gasteiger charge is 2.22. The van der Waals surface area contributed by atoms with Crippen molar-refractivity contribution in [3.63, 3.8) is 0 Å². The smallest absolute Gasteiger partial charge is 0.183 e. The van der Waals surface area contributed by atoms with E-state index in [1.807, 2.05) is 6.92 Å². The lowest BCUT2D eigenvalue weighted by molar-refractivity contribution is 0.628. The first-order valence-electron chi connectivity index (χ1n) is 5.72. The van der Waals surface area contributed by atoms with Gasteiger partial charge in [-0.15, -0.1) is 0 Å². The number of aromatic nitrogens is 1. The number of aryl methyl sites for hydroxylation is 1. The summed E-state index contributed by atoms with van der Waals surface area (Å²) >= 11 is 1.64. The molecule has 0 aliphatic heterocycles. The number of hydrogen-bond acceptors (Lipinski definition) is 3. The van der Waals surface area contributed by atoms with Crippen molar-refractivity contribution in [3.8, 4) is 10.4 Å². The quantitative estimate of drug-likeness (QED) is 0.892. The summed E-state index contributed by atoms with van der Waals surface area (Å²) in [6.07, 6.45) is 2.48. The highest BCUT2D eigenvalue weighted by Crippen LogP contribution is 2.35. The van der Waals surface area contributed by atoms with E-state index < -0.39 is 0 Å². The highest BCUT2D eigenvalue weighted by atomic mass is 32.1. The van der Waals surface area contributed by atoms with Gasteiger partial charge >= 0.3 is 0 Å². The zero-order valence-electron chi connectivity index (χ0n) is 9.53. The minimum Gasteiger partial charge on any atom is -0.359 e. The van der Waals surface area contributed by atoms with Crippen molar-refractivity contribution in [3.05, 3.63) is 35.8 Å². The molecule has 1 saturated carbocycles. The monoisotopic (exact) mass is 248 g/mol. The van der Waals surface area contributed by atoms with Gasteiger partial charge in [-0.1, -0.05) is 23.5 Å². The molecule has 1 aliphatic carbocycles. The fourth-order valence-electron chi connectivity index (χ4n) is 1.73. The van der Waals surface area contributed by atoms with Crippen molar-refractivity contribution in [2.24, 2.45) is 0 Å². The Bertz CT molecular complexity index is 529. The molecule has 2 nitrogen and oxygen atoms in total. The topological polar surface area (TPSA) is 24.9 Å². The second-order valence-electron chi connectivity index (χ2n) is 4.36. The summed E-state index contributed by atoms with van der Waals surface area (Å²) < 4.78 is 12.9. The molecule has 1 N–H and O–H groups in total. The molecule has 0 saturated heterocycles. The molecule has 1 aromatic carbocycles. The van der Waals surface area contributed by atoms with Crippen LogP contribution in [0, 0.1) is 12.7 Å². The van der Waals surface area contributed by atoms with Crippen LogP contribution in [0.15, 0.2) is 24.3 Å². The summed E-state index contributed by atoms with van der Waals surface area (Å²) in [7, 11) is 0.